The van der Waals surface area contributed by atoms with Crippen molar-refractivity contribution in [3.05, 3.63) is 47.0 Å². The maximum absolute atomic E-state index is 11.8. The number of thiazole rings is 1. The molecule has 0 unspecified atom stereocenters. The lowest BCUT2D eigenvalue weighted by molar-refractivity contribution is -0.128. The summed E-state index contributed by atoms with van der Waals surface area (Å²) in [6.07, 6.45) is 0.244. The van der Waals surface area contributed by atoms with E-state index in [-0.39, 0.29) is 18.7 Å². The van der Waals surface area contributed by atoms with Crippen molar-refractivity contribution < 1.29 is 14.8 Å². The number of anilines is 1. The number of hydroxylamine groups is 1. The topological polar surface area (TPSA) is 91.3 Å². The summed E-state index contributed by atoms with van der Waals surface area (Å²) in [6, 6.07) is 9.38. The van der Waals surface area contributed by atoms with E-state index in [0.29, 0.717) is 10.8 Å². The van der Waals surface area contributed by atoms with Gasteiger partial charge in [-0.3, -0.25) is 14.8 Å². The van der Waals surface area contributed by atoms with Gasteiger partial charge < -0.3 is 5.32 Å². The molecular formula is C13H13N3O3S. The monoisotopic (exact) mass is 291 g/mol. The van der Waals surface area contributed by atoms with Gasteiger partial charge in [0.1, 0.15) is 0 Å². The molecule has 0 radical (unpaired) electrons. The van der Waals surface area contributed by atoms with Crippen LogP contribution < -0.4 is 10.8 Å². The van der Waals surface area contributed by atoms with Crippen LogP contribution in [0.25, 0.3) is 0 Å². The predicted molar refractivity (Wildman–Crippen MR) is 74.5 cm³/mol. The highest BCUT2D eigenvalue weighted by Crippen LogP contribution is 2.16. The van der Waals surface area contributed by atoms with E-state index in [0.717, 1.165) is 5.56 Å². The summed E-state index contributed by atoms with van der Waals surface area (Å²) in [4.78, 5) is 26.9. The lowest BCUT2D eigenvalue weighted by atomic mass is 10.1. The van der Waals surface area contributed by atoms with Gasteiger partial charge in [0.05, 0.1) is 18.5 Å². The molecule has 7 heteroatoms. The molecule has 0 saturated carbocycles. The van der Waals surface area contributed by atoms with Crippen LogP contribution in [0.5, 0.6) is 0 Å². The summed E-state index contributed by atoms with van der Waals surface area (Å²) >= 11 is 1.24. The van der Waals surface area contributed by atoms with E-state index in [9.17, 15) is 9.59 Å². The van der Waals surface area contributed by atoms with E-state index in [1.165, 1.54) is 16.8 Å². The molecule has 0 aliphatic heterocycles. The van der Waals surface area contributed by atoms with Gasteiger partial charge in [0.2, 0.25) is 11.8 Å². The summed E-state index contributed by atoms with van der Waals surface area (Å²) in [7, 11) is 0. The number of nitrogens with one attached hydrogen (secondary N) is 2. The molecule has 2 amide bonds. The number of carbonyl (C=O) groups is 2. The molecule has 0 bridgehead atoms. The van der Waals surface area contributed by atoms with E-state index >= 15 is 0 Å². The minimum Gasteiger partial charge on any atom is -0.302 e. The Morgan fingerprint density at radius 3 is 2.60 bits per heavy atom. The van der Waals surface area contributed by atoms with Crippen LogP contribution >= 0.6 is 11.3 Å². The molecule has 2 rings (SSSR count). The first-order valence-electron chi connectivity index (χ1n) is 5.88. The maximum Gasteiger partial charge on any atom is 0.249 e. The maximum atomic E-state index is 11.8. The number of amides is 2. The van der Waals surface area contributed by atoms with E-state index in [1.807, 2.05) is 30.3 Å². The van der Waals surface area contributed by atoms with Crippen molar-refractivity contribution in [2.24, 2.45) is 0 Å². The molecule has 6 nitrogen and oxygen atoms in total. The van der Waals surface area contributed by atoms with Crippen molar-refractivity contribution >= 4 is 28.3 Å². The molecule has 20 heavy (non-hydrogen) atoms. The fourth-order valence-corrected chi connectivity index (χ4v) is 2.32. The molecule has 0 atom stereocenters. The molecule has 1 heterocycles. The lowest BCUT2D eigenvalue weighted by Crippen LogP contribution is -2.21. The Kier molecular flexibility index (Phi) is 4.80. The number of aromatic nitrogens is 1. The van der Waals surface area contributed by atoms with Crippen molar-refractivity contribution in [2.75, 3.05) is 5.32 Å². The Bertz CT molecular complexity index is 598. The van der Waals surface area contributed by atoms with Crippen molar-refractivity contribution in [2.45, 2.75) is 12.8 Å². The van der Waals surface area contributed by atoms with Gasteiger partial charge in [-0.25, -0.2) is 10.5 Å². The molecule has 0 aliphatic rings. The van der Waals surface area contributed by atoms with Crippen LogP contribution in [0.15, 0.2) is 35.7 Å². The Balaban J connectivity index is 1.90. The molecule has 0 aliphatic carbocycles. The van der Waals surface area contributed by atoms with E-state index in [4.69, 9.17) is 5.21 Å². The van der Waals surface area contributed by atoms with Crippen molar-refractivity contribution in [1.82, 2.24) is 10.5 Å². The van der Waals surface area contributed by atoms with Gasteiger partial charge in [0.25, 0.3) is 0 Å². The zero-order valence-corrected chi connectivity index (χ0v) is 11.3. The number of hydrogen-bond donors (Lipinski definition) is 3. The van der Waals surface area contributed by atoms with Gasteiger partial charge in [-0.2, -0.15) is 0 Å². The molecule has 2 aromatic rings. The normalized spacial score (nSPS) is 10.1. The Labute approximate surface area is 119 Å². The first-order chi connectivity index (χ1) is 9.67. The minimum absolute atomic E-state index is 0.0262. The Morgan fingerprint density at radius 2 is 1.90 bits per heavy atom. The average molecular weight is 291 g/mol. The molecule has 0 fully saturated rings. The summed E-state index contributed by atoms with van der Waals surface area (Å²) in [5.41, 5.74) is 2.95. The highest BCUT2D eigenvalue weighted by molar-refractivity contribution is 7.13. The van der Waals surface area contributed by atoms with Crippen LogP contribution in [-0.2, 0) is 22.4 Å². The summed E-state index contributed by atoms with van der Waals surface area (Å²) in [5.74, 6) is -0.707. The van der Waals surface area contributed by atoms with Gasteiger partial charge >= 0.3 is 0 Å². The zero-order valence-electron chi connectivity index (χ0n) is 10.5. The SMILES string of the molecule is O=C(Cc1csc(NC(=O)Cc2ccccc2)n1)NO. The largest absolute Gasteiger partial charge is 0.302 e. The third-order valence-electron chi connectivity index (χ3n) is 2.47. The lowest BCUT2D eigenvalue weighted by Gasteiger charge is -2.01. The van der Waals surface area contributed by atoms with Crippen LogP contribution in [0.3, 0.4) is 0 Å². The van der Waals surface area contributed by atoms with E-state index < -0.39 is 5.91 Å². The number of nitrogens with zero attached hydrogens (tertiary/aromatic N) is 1. The second kappa shape index (κ2) is 6.78. The van der Waals surface area contributed by atoms with E-state index in [1.54, 1.807) is 5.38 Å². The van der Waals surface area contributed by atoms with Gasteiger partial charge in [0.15, 0.2) is 5.13 Å². The molecule has 0 saturated heterocycles. The third-order valence-corrected chi connectivity index (χ3v) is 3.28. The highest BCUT2D eigenvalue weighted by atomic mass is 32.1. The van der Waals surface area contributed by atoms with Crippen LogP contribution in [0.1, 0.15) is 11.3 Å². The third kappa shape index (κ3) is 4.15. The fraction of sp³-hybridized carbons (Fsp3) is 0.154. The fourth-order valence-electron chi connectivity index (χ4n) is 1.59. The van der Waals surface area contributed by atoms with Gasteiger partial charge in [0, 0.05) is 5.38 Å². The minimum atomic E-state index is -0.544. The van der Waals surface area contributed by atoms with E-state index in [2.05, 4.69) is 10.3 Å². The van der Waals surface area contributed by atoms with Gasteiger partial charge in [-0.1, -0.05) is 30.3 Å². The predicted octanol–water partition coefficient (Wildman–Crippen LogP) is 1.37. The van der Waals surface area contributed by atoms with Crippen LogP contribution in [0, 0.1) is 0 Å². The standard InChI is InChI=1S/C13H13N3O3S/c17-11(6-9-4-2-1-3-5-9)15-13-14-10(8-20-13)7-12(18)16-19/h1-5,8,19H,6-7H2,(H,16,18)(H,14,15,17). The number of hydrogen-bond acceptors (Lipinski definition) is 5. The Morgan fingerprint density at radius 1 is 1.15 bits per heavy atom. The smallest absolute Gasteiger partial charge is 0.249 e. The molecule has 1 aromatic carbocycles. The second-order valence-corrected chi connectivity index (χ2v) is 4.92. The van der Waals surface area contributed by atoms with Crippen molar-refractivity contribution in [3.8, 4) is 0 Å². The average Bonchev–Trinajstić information content (AvgIpc) is 2.86. The molecule has 0 spiro atoms. The van der Waals surface area contributed by atoms with Crippen LogP contribution in [-0.4, -0.2) is 22.0 Å². The van der Waals surface area contributed by atoms with Gasteiger partial charge in [-0.15, -0.1) is 11.3 Å². The second-order valence-electron chi connectivity index (χ2n) is 4.07. The molecular weight excluding hydrogens is 278 g/mol. The van der Waals surface area contributed by atoms with Crippen LogP contribution in [0.2, 0.25) is 0 Å². The first-order valence-corrected chi connectivity index (χ1v) is 6.76. The number of benzene rings is 1. The molecule has 104 valence electrons. The highest BCUT2D eigenvalue weighted by Gasteiger charge is 2.09. The van der Waals surface area contributed by atoms with Gasteiger partial charge in [-0.05, 0) is 5.56 Å². The Hall–Kier alpha value is -2.25. The summed E-state index contributed by atoms with van der Waals surface area (Å²) < 4.78 is 0. The molecule has 1 aromatic heterocycles. The number of carbonyl (C=O) groups excluding carboxylic acids is 2. The summed E-state index contributed by atoms with van der Waals surface area (Å²) in [5, 5.41) is 13.2. The quantitative estimate of drug-likeness (QED) is 0.573. The van der Waals surface area contributed by atoms with Crippen molar-refractivity contribution in [1.29, 1.82) is 0 Å². The number of rotatable bonds is 5. The molecule has 3 N–H and O–H groups in total. The zero-order chi connectivity index (χ0) is 14.4. The summed E-state index contributed by atoms with van der Waals surface area (Å²) in [6.45, 7) is 0. The first kappa shape index (κ1) is 14.2. The van der Waals surface area contributed by atoms with Crippen LogP contribution in [0.4, 0.5) is 5.13 Å². The van der Waals surface area contributed by atoms with Crippen molar-refractivity contribution in [3.63, 3.8) is 0 Å².